The second-order valence-corrected chi connectivity index (χ2v) is 3.50. The van der Waals surface area contributed by atoms with Gasteiger partial charge in [-0.15, -0.1) is 0 Å². The number of aromatic nitrogens is 2. The number of nitrogens with one attached hydrogen (secondary N) is 1. The van der Waals surface area contributed by atoms with Crippen molar-refractivity contribution in [2.24, 2.45) is 0 Å². The summed E-state index contributed by atoms with van der Waals surface area (Å²) in [4.78, 5) is 8.60. The van der Waals surface area contributed by atoms with Crippen LogP contribution in [0.4, 0.5) is 5.82 Å². The number of nitrogens with zero attached hydrogens (tertiary/aromatic N) is 2. The van der Waals surface area contributed by atoms with Crippen molar-refractivity contribution >= 4 is 5.82 Å². The molecule has 0 amide bonds. The van der Waals surface area contributed by atoms with Crippen LogP contribution in [0.1, 0.15) is 31.3 Å². The highest BCUT2D eigenvalue weighted by Crippen LogP contribution is 2.07. The summed E-state index contributed by atoms with van der Waals surface area (Å²) in [6.45, 7) is 5.08. The maximum atomic E-state index is 8.64. The quantitative estimate of drug-likeness (QED) is 0.698. The van der Waals surface area contributed by atoms with Crippen molar-refractivity contribution in [1.29, 1.82) is 0 Å². The Morgan fingerprint density at radius 1 is 1.33 bits per heavy atom. The smallest absolute Gasteiger partial charge is 0.129 e. The average Bonchev–Trinajstić information content (AvgIpc) is 2.23. The van der Waals surface area contributed by atoms with E-state index in [-0.39, 0.29) is 6.61 Å². The summed E-state index contributed by atoms with van der Waals surface area (Å²) in [5.74, 6) is 1.69. The molecule has 0 aliphatic heterocycles. The van der Waals surface area contributed by atoms with Gasteiger partial charge in [0.05, 0.1) is 0 Å². The van der Waals surface area contributed by atoms with Crippen LogP contribution in [0.3, 0.4) is 0 Å². The molecule has 0 radical (unpaired) electrons. The highest BCUT2D eigenvalue weighted by Gasteiger charge is 1.99. The first-order valence-corrected chi connectivity index (χ1v) is 5.45. The van der Waals surface area contributed by atoms with Crippen molar-refractivity contribution in [2.75, 3.05) is 18.5 Å². The topological polar surface area (TPSA) is 58.0 Å². The van der Waals surface area contributed by atoms with Gasteiger partial charge in [0.1, 0.15) is 11.6 Å². The number of rotatable bonds is 6. The molecule has 0 unspecified atom stereocenters. The minimum Gasteiger partial charge on any atom is -0.396 e. The third-order valence-corrected chi connectivity index (χ3v) is 2.14. The summed E-state index contributed by atoms with van der Waals surface area (Å²) >= 11 is 0. The van der Waals surface area contributed by atoms with Crippen LogP contribution >= 0.6 is 0 Å². The second kappa shape index (κ2) is 6.35. The molecule has 0 aromatic carbocycles. The highest BCUT2D eigenvalue weighted by molar-refractivity contribution is 5.35. The number of unbranched alkanes of at least 4 members (excludes halogenated alkanes) is 1. The lowest BCUT2D eigenvalue weighted by molar-refractivity contribution is 0.286. The van der Waals surface area contributed by atoms with E-state index in [1.165, 1.54) is 0 Å². The zero-order chi connectivity index (χ0) is 11.1. The van der Waals surface area contributed by atoms with E-state index in [0.29, 0.717) is 0 Å². The molecule has 1 aromatic heterocycles. The summed E-state index contributed by atoms with van der Waals surface area (Å²) in [6.07, 6.45) is 2.72. The van der Waals surface area contributed by atoms with Crippen LogP contribution in [-0.4, -0.2) is 28.2 Å². The van der Waals surface area contributed by atoms with Gasteiger partial charge >= 0.3 is 0 Å². The summed E-state index contributed by atoms with van der Waals surface area (Å²) in [6, 6.07) is 1.98. The van der Waals surface area contributed by atoms with Gasteiger partial charge in [-0.1, -0.05) is 6.92 Å². The van der Waals surface area contributed by atoms with Crippen molar-refractivity contribution < 1.29 is 5.11 Å². The van der Waals surface area contributed by atoms with Crippen LogP contribution in [-0.2, 0) is 6.42 Å². The first-order chi connectivity index (χ1) is 7.26. The average molecular weight is 209 g/mol. The first kappa shape index (κ1) is 11.9. The fourth-order valence-corrected chi connectivity index (χ4v) is 1.35. The Morgan fingerprint density at radius 3 is 2.80 bits per heavy atom. The molecule has 0 saturated heterocycles. The molecule has 2 N–H and O–H groups in total. The molecular weight excluding hydrogens is 190 g/mol. The molecule has 1 aromatic rings. The van der Waals surface area contributed by atoms with Gasteiger partial charge in [-0.3, -0.25) is 0 Å². The first-order valence-electron chi connectivity index (χ1n) is 5.45. The Labute approximate surface area is 90.8 Å². The van der Waals surface area contributed by atoms with Crippen LogP contribution in [0.2, 0.25) is 0 Å². The fourth-order valence-electron chi connectivity index (χ4n) is 1.35. The molecule has 0 fully saturated rings. The van der Waals surface area contributed by atoms with E-state index in [1.54, 1.807) is 0 Å². The monoisotopic (exact) mass is 209 g/mol. The summed E-state index contributed by atoms with van der Waals surface area (Å²) < 4.78 is 0. The standard InChI is InChI=1S/C11H19N3O/c1-3-10-8-11(14-9(2)13-10)12-6-4-5-7-15/h8,15H,3-7H2,1-2H3,(H,12,13,14). The zero-order valence-electron chi connectivity index (χ0n) is 9.45. The molecule has 0 atom stereocenters. The largest absolute Gasteiger partial charge is 0.396 e. The summed E-state index contributed by atoms with van der Waals surface area (Å²) in [5.41, 5.74) is 1.06. The van der Waals surface area contributed by atoms with E-state index in [0.717, 1.165) is 43.1 Å². The second-order valence-electron chi connectivity index (χ2n) is 3.50. The molecule has 1 rings (SSSR count). The van der Waals surface area contributed by atoms with Crippen LogP contribution in [0.15, 0.2) is 6.07 Å². The van der Waals surface area contributed by atoms with E-state index >= 15 is 0 Å². The molecule has 4 heteroatoms. The molecule has 0 aliphatic rings. The lowest BCUT2D eigenvalue weighted by atomic mass is 10.3. The highest BCUT2D eigenvalue weighted by atomic mass is 16.2. The Balaban J connectivity index is 2.49. The van der Waals surface area contributed by atoms with Gasteiger partial charge in [-0.25, -0.2) is 9.97 Å². The van der Waals surface area contributed by atoms with Crippen molar-refractivity contribution in [3.8, 4) is 0 Å². The normalized spacial score (nSPS) is 10.3. The third-order valence-electron chi connectivity index (χ3n) is 2.14. The van der Waals surface area contributed by atoms with Gasteiger partial charge in [-0.05, 0) is 26.2 Å². The van der Waals surface area contributed by atoms with Crippen molar-refractivity contribution in [3.05, 3.63) is 17.6 Å². The van der Waals surface area contributed by atoms with Crippen LogP contribution < -0.4 is 5.32 Å². The molecule has 1 heterocycles. The number of anilines is 1. The number of aliphatic hydroxyl groups excluding tert-OH is 1. The Kier molecular flexibility index (Phi) is 5.04. The maximum absolute atomic E-state index is 8.64. The summed E-state index contributed by atoms with van der Waals surface area (Å²) in [7, 11) is 0. The summed E-state index contributed by atoms with van der Waals surface area (Å²) in [5, 5.41) is 11.9. The Hall–Kier alpha value is -1.16. The molecule has 0 aliphatic carbocycles. The van der Waals surface area contributed by atoms with Crippen molar-refractivity contribution in [2.45, 2.75) is 33.1 Å². The van der Waals surface area contributed by atoms with Gasteiger partial charge in [-0.2, -0.15) is 0 Å². The van der Waals surface area contributed by atoms with E-state index in [4.69, 9.17) is 5.11 Å². The van der Waals surface area contributed by atoms with Crippen LogP contribution in [0, 0.1) is 6.92 Å². The fraction of sp³-hybridized carbons (Fsp3) is 0.636. The Bertz CT molecular complexity index is 302. The molecule has 15 heavy (non-hydrogen) atoms. The number of aliphatic hydroxyl groups is 1. The van der Waals surface area contributed by atoms with Gasteiger partial charge < -0.3 is 10.4 Å². The molecular formula is C11H19N3O. The van der Waals surface area contributed by atoms with E-state index < -0.39 is 0 Å². The Morgan fingerprint density at radius 2 is 2.13 bits per heavy atom. The number of aryl methyl sites for hydroxylation is 2. The third kappa shape index (κ3) is 4.25. The van der Waals surface area contributed by atoms with E-state index in [2.05, 4.69) is 22.2 Å². The molecule has 0 saturated carbocycles. The number of hydrogen-bond acceptors (Lipinski definition) is 4. The van der Waals surface area contributed by atoms with Crippen molar-refractivity contribution in [3.63, 3.8) is 0 Å². The lowest BCUT2D eigenvalue weighted by Gasteiger charge is -2.07. The SMILES string of the molecule is CCc1cc(NCCCCO)nc(C)n1. The predicted octanol–water partition coefficient (Wildman–Crippen LogP) is 1.53. The maximum Gasteiger partial charge on any atom is 0.129 e. The van der Waals surface area contributed by atoms with Gasteiger partial charge in [0.15, 0.2) is 0 Å². The van der Waals surface area contributed by atoms with Crippen LogP contribution in [0.25, 0.3) is 0 Å². The lowest BCUT2D eigenvalue weighted by Crippen LogP contribution is -2.06. The minimum atomic E-state index is 0.255. The van der Waals surface area contributed by atoms with E-state index in [9.17, 15) is 0 Å². The number of hydrogen-bond donors (Lipinski definition) is 2. The zero-order valence-corrected chi connectivity index (χ0v) is 9.45. The molecule has 0 bridgehead atoms. The molecule has 0 spiro atoms. The molecule has 4 nitrogen and oxygen atoms in total. The molecule has 84 valence electrons. The van der Waals surface area contributed by atoms with Gasteiger partial charge in [0, 0.05) is 24.9 Å². The predicted molar refractivity (Wildman–Crippen MR) is 61.0 cm³/mol. The van der Waals surface area contributed by atoms with Crippen LogP contribution in [0.5, 0.6) is 0 Å². The van der Waals surface area contributed by atoms with Gasteiger partial charge in [0.2, 0.25) is 0 Å². The van der Waals surface area contributed by atoms with Gasteiger partial charge in [0.25, 0.3) is 0 Å². The van der Waals surface area contributed by atoms with E-state index in [1.807, 2.05) is 13.0 Å². The minimum absolute atomic E-state index is 0.255. The van der Waals surface area contributed by atoms with Crippen molar-refractivity contribution in [1.82, 2.24) is 9.97 Å².